The molecular formula is C16H17N3O. The fourth-order valence-electron chi connectivity index (χ4n) is 2.50. The van der Waals surface area contributed by atoms with Crippen molar-refractivity contribution in [2.75, 3.05) is 7.11 Å². The lowest BCUT2D eigenvalue weighted by Gasteiger charge is -2.03. The minimum absolute atomic E-state index is 0.478. The number of aromatic nitrogens is 3. The summed E-state index contributed by atoms with van der Waals surface area (Å²) < 4.78 is 7.18. The van der Waals surface area contributed by atoms with Gasteiger partial charge in [-0.3, -0.25) is 0 Å². The van der Waals surface area contributed by atoms with Crippen LogP contribution in [0.15, 0.2) is 36.4 Å². The van der Waals surface area contributed by atoms with Crippen LogP contribution >= 0.6 is 0 Å². The van der Waals surface area contributed by atoms with Gasteiger partial charge in [0.15, 0.2) is 5.65 Å². The molecule has 0 saturated heterocycles. The third-order valence-electron chi connectivity index (χ3n) is 3.31. The van der Waals surface area contributed by atoms with E-state index < -0.39 is 0 Å². The Balaban J connectivity index is 2.35. The first-order valence-corrected chi connectivity index (χ1v) is 6.61. The highest BCUT2D eigenvalue weighted by atomic mass is 16.5. The Hall–Kier alpha value is -2.20. The molecule has 2 aromatic heterocycles. The Morgan fingerprint density at radius 3 is 2.60 bits per heavy atom. The monoisotopic (exact) mass is 267 g/mol. The van der Waals surface area contributed by atoms with Crippen molar-refractivity contribution in [3.63, 3.8) is 0 Å². The first-order chi connectivity index (χ1) is 9.70. The molecule has 3 aromatic rings. The summed E-state index contributed by atoms with van der Waals surface area (Å²) in [5.41, 5.74) is 6.05. The van der Waals surface area contributed by atoms with E-state index in [0.717, 1.165) is 33.9 Å². The molecule has 4 heteroatoms. The van der Waals surface area contributed by atoms with Crippen LogP contribution < -0.4 is 0 Å². The molecular weight excluding hydrogens is 250 g/mol. The van der Waals surface area contributed by atoms with Gasteiger partial charge in [-0.1, -0.05) is 30.3 Å². The lowest BCUT2D eigenvalue weighted by molar-refractivity contribution is 0.181. The molecule has 0 aliphatic rings. The molecule has 0 saturated carbocycles. The maximum Gasteiger partial charge on any atom is 0.163 e. The van der Waals surface area contributed by atoms with Crippen molar-refractivity contribution in [2.24, 2.45) is 0 Å². The van der Waals surface area contributed by atoms with Gasteiger partial charge in [-0.15, -0.1) is 0 Å². The maximum atomic E-state index is 5.29. The topological polar surface area (TPSA) is 39.4 Å². The predicted molar refractivity (Wildman–Crippen MR) is 78.6 cm³/mol. The Bertz CT molecular complexity index is 747. The average molecular weight is 267 g/mol. The normalized spacial score (nSPS) is 11.2. The summed E-state index contributed by atoms with van der Waals surface area (Å²) in [5.74, 6) is 0. The minimum Gasteiger partial charge on any atom is -0.378 e. The lowest BCUT2D eigenvalue weighted by Crippen LogP contribution is -1.97. The Labute approximate surface area is 118 Å². The smallest absolute Gasteiger partial charge is 0.163 e. The third-order valence-corrected chi connectivity index (χ3v) is 3.31. The zero-order chi connectivity index (χ0) is 14.1. The SMILES string of the molecule is COCc1nn2c(C)cc(C)nc2c1-c1ccccc1. The molecule has 0 radical (unpaired) electrons. The number of nitrogens with zero attached hydrogens (tertiary/aromatic N) is 3. The van der Waals surface area contributed by atoms with Crippen LogP contribution in [-0.2, 0) is 11.3 Å². The van der Waals surface area contributed by atoms with Gasteiger partial charge in [0.25, 0.3) is 0 Å². The first kappa shape index (κ1) is 12.8. The summed E-state index contributed by atoms with van der Waals surface area (Å²) in [6, 6.07) is 12.3. The highest BCUT2D eigenvalue weighted by molar-refractivity contribution is 5.80. The van der Waals surface area contributed by atoms with Gasteiger partial charge in [-0.25, -0.2) is 9.50 Å². The van der Waals surface area contributed by atoms with Crippen molar-refractivity contribution < 1.29 is 4.74 Å². The number of rotatable bonds is 3. The van der Waals surface area contributed by atoms with Crippen molar-refractivity contribution >= 4 is 5.65 Å². The van der Waals surface area contributed by atoms with Gasteiger partial charge < -0.3 is 4.74 Å². The van der Waals surface area contributed by atoms with E-state index in [-0.39, 0.29) is 0 Å². The molecule has 0 aliphatic heterocycles. The summed E-state index contributed by atoms with van der Waals surface area (Å²) in [4.78, 5) is 4.66. The second kappa shape index (κ2) is 5.06. The third kappa shape index (κ3) is 2.08. The number of benzene rings is 1. The molecule has 0 aliphatic carbocycles. The van der Waals surface area contributed by atoms with E-state index in [1.54, 1.807) is 7.11 Å². The molecule has 0 spiro atoms. The highest BCUT2D eigenvalue weighted by Gasteiger charge is 2.16. The quantitative estimate of drug-likeness (QED) is 0.731. The molecule has 102 valence electrons. The summed E-state index contributed by atoms with van der Waals surface area (Å²) in [5, 5.41) is 4.65. The Morgan fingerprint density at radius 2 is 1.90 bits per heavy atom. The molecule has 3 rings (SSSR count). The number of hydrogen-bond donors (Lipinski definition) is 0. The standard InChI is InChI=1S/C16H17N3O/c1-11-9-12(2)19-16(17-11)15(14(18-19)10-20-3)13-7-5-4-6-8-13/h4-9H,10H2,1-3H3. The molecule has 0 bridgehead atoms. The fraction of sp³-hybridized carbons (Fsp3) is 0.250. The minimum atomic E-state index is 0.478. The van der Waals surface area contributed by atoms with Crippen LogP contribution in [0.3, 0.4) is 0 Å². The van der Waals surface area contributed by atoms with Crippen molar-refractivity contribution in [1.29, 1.82) is 0 Å². The molecule has 0 amide bonds. The largest absolute Gasteiger partial charge is 0.378 e. The van der Waals surface area contributed by atoms with Crippen LogP contribution in [0, 0.1) is 13.8 Å². The van der Waals surface area contributed by atoms with E-state index in [2.05, 4.69) is 22.2 Å². The van der Waals surface area contributed by atoms with Crippen LogP contribution in [0.4, 0.5) is 0 Å². The van der Waals surface area contributed by atoms with Gasteiger partial charge >= 0.3 is 0 Å². The Kier molecular flexibility index (Phi) is 3.24. The van der Waals surface area contributed by atoms with Gasteiger partial charge in [0.05, 0.1) is 17.9 Å². The number of ether oxygens (including phenoxy) is 1. The van der Waals surface area contributed by atoms with E-state index in [1.807, 2.05) is 42.6 Å². The zero-order valence-electron chi connectivity index (χ0n) is 11.9. The fourth-order valence-corrected chi connectivity index (χ4v) is 2.50. The van der Waals surface area contributed by atoms with E-state index in [1.165, 1.54) is 0 Å². The molecule has 0 unspecified atom stereocenters. The van der Waals surface area contributed by atoms with Gasteiger partial charge in [0.2, 0.25) is 0 Å². The predicted octanol–water partition coefficient (Wildman–Crippen LogP) is 3.16. The maximum absolute atomic E-state index is 5.29. The Morgan fingerprint density at radius 1 is 1.15 bits per heavy atom. The molecule has 1 aromatic carbocycles. The summed E-state index contributed by atoms with van der Waals surface area (Å²) in [6.07, 6.45) is 0. The van der Waals surface area contributed by atoms with E-state index in [0.29, 0.717) is 6.61 Å². The van der Waals surface area contributed by atoms with Crippen molar-refractivity contribution in [3.05, 3.63) is 53.5 Å². The van der Waals surface area contributed by atoms with Crippen molar-refractivity contribution in [3.8, 4) is 11.1 Å². The number of methoxy groups -OCH3 is 1. The van der Waals surface area contributed by atoms with Crippen molar-refractivity contribution in [2.45, 2.75) is 20.5 Å². The van der Waals surface area contributed by atoms with Crippen LogP contribution in [0.1, 0.15) is 17.1 Å². The zero-order valence-corrected chi connectivity index (χ0v) is 11.9. The van der Waals surface area contributed by atoms with Gasteiger partial charge in [-0.05, 0) is 25.5 Å². The summed E-state index contributed by atoms with van der Waals surface area (Å²) in [7, 11) is 1.68. The van der Waals surface area contributed by atoms with Crippen LogP contribution in [0.25, 0.3) is 16.8 Å². The molecule has 0 atom stereocenters. The highest BCUT2D eigenvalue weighted by Crippen LogP contribution is 2.28. The molecule has 2 heterocycles. The van der Waals surface area contributed by atoms with Gasteiger partial charge in [0, 0.05) is 18.5 Å². The molecule has 0 N–H and O–H groups in total. The van der Waals surface area contributed by atoms with E-state index in [4.69, 9.17) is 4.74 Å². The van der Waals surface area contributed by atoms with Gasteiger partial charge in [-0.2, -0.15) is 5.10 Å². The van der Waals surface area contributed by atoms with Crippen LogP contribution in [0.5, 0.6) is 0 Å². The lowest BCUT2D eigenvalue weighted by atomic mass is 10.1. The van der Waals surface area contributed by atoms with Crippen LogP contribution in [0.2, 0.25) is 0 Å². The summed E-state index contributed by atoms with van der Waals surface area (Å²) in [6.45, 7) is 4.52. The van der Waals surface area contributed by atoms with Crippen LogP contribution in [-0.4, -0.2) is 21.7 Å². The second-order valence-electron chi connectivity index (χ2n) is 4.90. The average Bonchev–Trinajstić information content (AvgIpc) is 2.79. The molecule has 0 fully saturated rings. The second-order valence-corrected chi connectivity index (χ2v) is 4.90. The van der Waals surface area contributed by atoms with Gasteiger partial charge in [0.1, 0.15) is 0 Å². The van der Waals surface area contributed by atoms with E-state index in [9.17, 15) is 0 Å². The number of hydrogen-bond acceptors (Lipinski definition) is 3. The molecule has 4 nitrogen and oxygen atoms in total. The van der Waals surface area contributed by atoms with E-state index >= 15 is 0 Å². The number of fused-ring (bicyclic) bond motifs is 1. The van der Waals surface area contributed by atoms with Crippen molar-refractivity contribution in [1.82, 2.24) is 14.6 Å². The number of aryl methyl sites for hydroxylation is 2. The summed E-state index contributed by atoms with van der Waals surface area (Å²) >= 11 is 0. The first-order valence-electron chi connectivity index (χ1n) is 6.61. The molecule has 20 heavy (non-hydrogen) atoms.